The third-order valence-electron chi connectivity index (χ3n) is 6.43. The van der Waals surface area contributed by atoms with Crippen LogP contribution in [0.1, 0.15) is 123 Å². The third-order valence-corrected chi connectivity index (χ3v) is 6.43. The van der Waals surface area contributed by atoms with Crippen molar-refractivity contribution in [1.29, 1.82) is 0 Å². The van der Waals surface area contributed by atoms with Crippen LogP contribution in [0.4, 0.5) is 0 Å². The number of carbonyl (C=O) groups excluding carboxylic acids is 2. The van der Waals surface area contributed by atoms with Gasteiger partial charge in [0.2, 0.25) is 0 Å². The van der Waals surface area contributed by atoms with Crippen molar-refractivity contribution in [3.05, 3.63) is 60.8 Å². The highest BCUT2D eigenvalue weighted by atomic mass is 16.6. The fourth-order valence-electron chi connectivity index (χ4n) is 3.99. The lowest BCUT2D eigenvalue weighted by Gasteiger charge is -2.16. The zero-order chi connectivity index (χ0) is 30.2. The number of aliphatic hydroxyl groups excluding tert-OH is 2. The predicted octanol–water partition coefficient (Wildman–Crippen LogP) is 8.25. The number of esters is 2. The summed E-state index contributed by atoms with van der Waals surface area (Å²) >= 11 is 0. The molecule has 0 saturated carbocycles. The van der Waals surface area contributed by atoms with Gasteiger partial charge >= 0.3 is 11.9 Å². The first-order valence-electron chi connectivity index (χ1n) is 16.0. The van der Waals surface area contributed by atoms with Crippen LogP contribution in [0.5, 0.6) is 0 Å². The Bertz CT molecular complexity index is 765. The van der Waals surface area contributed by atoms with Gasteiger partial charge < -0.3 is 19.7 Å². The predicted molar refractivity (Wildman–Crippen MR) is 169 cm³/mol. The summed E-state index contributed by atoms with van der Waals surface area (Å²) in [7, 11) is 0. The molecule has 0 aliphatic heterocycles. The minimum Gasteiger partial charge on any atom is -0.462 e. The van der Waals surface area contributed by atoms with Crippen LogP contribution in [0.3, 0.4) is 0 Å². The maximum absolute atomic E-state index is 12.0. The lowest BCUT2D eigenvalue weighted by molar-refractivity contribution is -0.161. The molecule has 0 fully saturated rings. The van der Waals surface area contributed by atoms with E-state index in [1.165, 1.54) is 38.5 Å². The van der Waals surface area contributed by atoms with Crippen molar-refractivity contribution < 1.29 is 29.3 Å². The van der Waals surface area contributed by atoms with E-state index in [4.69, 9.17) is 9.47 Å². The number of aliphatic hydroxyl groups is 2. The first kappa shape index (κ1) is 38.6. The molecular weight excluding hydrogens is 516 g/mol. The molecule has 0 aliphatic rings. The molecule has 0 amide bonds. The maximum atomic E-state index is 12.0. The van der Waals surface area contributed by atoms with E-state index >= 15 is 0 Å². The quantitative estimate of drug-likeness (QED) is 0.0444. The van der Waals surface area contributed by atoms with Gasteiger partial charge in [0.15, 0.2) is 6.10 Å². The number of rotatable bonds is 27. The number of unbranched alkanes of at least 4 members (excludes halogenated alkanes) is 8. The number of hydrogen-bond acceptors (Lipinski definition) is 6. The van der Waals surface area contributed by atoms with Gasteiger partial charge in [-0.25, -0.2) is 0 Å². The third kappa shape index (κ3) is 28.9. The topological polar surface area (TPSA) is 93.1 Å². The van der Waals surface area contributed by atoms with E-state index in [1.807, 2.05) is 18.2 Å². The van der Waals surface area contributed by atoms with Gasteiger partial charge in [0.25, 0.3) is 0 Å². The fourth-order valence-corrected chi connectivity index (χ4v) is 3.99. The molecule has 0 radical (unpaired) electrons. The molecule has 0 aromatic rings. The van der Waals surface area contributed by atoms with Crippen molar-refractivity contribution in [1.82, 2.24) is 0 Å². The molecule has 1 unspecified atom stereocenters. The largest absolute Gasteiger partial charge is 0.462 e. The SMILES string of the molecule is CC/C=C\C/C=C\C/C=C\C/C=C\C=C\C(O)CCCC(=O)OC[C@H](CO)OC(=O)CCCCCCCCCCC. The van der Waals surface area contributed by atoms with Crippen molar-refractivity contribution in [3.63, 3.8) is 0 Å². The Morgan fingerprint density at radius 1 is 0.683 bits per heavy atom. The zero-order valence-corrected chi connectivity index (χ0v) is 25.9. The lowest BCUT2D eigenvalue weighted by Crippen LogP contribution is -2.28. The van der Waals surface area contributed by atoms with Crippen LogP contribution in [0.2, 0.25) is 0 Å². The second-order valence-corrected chi connectivity index (χ2v) is 10.4. The molecule has 41 heavy (non-hydrogen) atoms. The van der Waals surface area contributed by atoms with Crippen LogP contribution >= 0.6 is 0 Å². The second-order valence-electron chi connectivity index (χ2n) is 10.4. The smallest absolute Gasteiger partial charge is 0.306 e. The summed E-state index contributed by atoms with van der Waals surface area (Å²) in [6.45, 7) is 3.79. The molecule has 6 nitrogen and oxygen atoms in total. The van der Waals surface area contributed by atoms with Crippen molar-refractivity contribution in [2.45, 2.75) is 135 Å². The summed E-state index contributed by atoms with van der Waals surface area (Å²) in [5.41, 5.74) is 0. The van der Waals surface area contributed by atoms with Crippen molar-refractivity contribution in [2.24, 2.45) is 0 Å². The highest BCUT2D eigenvalue weighted by molar-refractivity contribution is 5.70. The number of allylic oxidation sites excluding steroid dienone is 9. The summed E-state index contributed by atoms with van der Waals surface area (Å²) in [5, 5.41) is 19.5. The maximum Gasteiger partial charge on any atom is 0.306 e. The monoisotopic (exact) mass is 574 g/mol. The van der Waals surface area contributed by atoms with Gasteiger partial charge in [-0.3, -0.25) is 9.59 Å². The molecule has 0 bridgehead atoms. The molecule has 234 valence electrons. The van der Waals surface area contributed by atoms with Gasteiger partial charge in [-0.2, -0.15) is 0 Å². The van der Waals surface area contributed by atoms with E-state index in [9.17, 15) is 19.8 Å². The van der Waals surface area contributed by atoms with Crippen LogP contribution < -0.4 is 0 Å². The summed E-state index contributed by atoms with van der Waals surface area (Å²) in [5.74, 6) is -0.806. The normalized spacial score (nSPS) is 13.8. The average Bonchev–Trinajstić information content (AvgIpc) is 2.96. The minimum absolute atomic E-state index is 0.152. The van der Waals surface area contributed by atoms with E-state index in [1.54, 1.807) is 6.08 Å². The molecule has 0 aromatic carbocycles. The van der Waals surface area contributed by atoms with Crippen molar-refractivity contribution in [3.8, 4) is 0 Å². The Balaban J connectivity index is 3.87. The van der Waals surface area contributed by atoms with Crippen molar-refractivity contribution in [2.75, 3.05) is 13.2 Å². The Morgan fingerprint density at radius 3 is 1.85 bits per heavy atom. The second kappa shape index (κ2) is 30.5. The molecule has 2 atom stereocenters. The van der Waals surface area contributed by atoms with E-state index in [2.05, 4.69) is 50.3 Å². The Labute approximate surface area is 250 Å². The molecule has 0 spiro atoms. The fraction of sp³-hybridized carbons (Fsp3) is 0.657. The summed E-state index contributed by atoms with van der Waals surface area (Å²) in [4.78, 5) is 24.0. The number of ether oxygens (including phenoxy) is 2. The molecular formula is C35H58O6. The van der Waals surface area contributed by atoms with E-state index in [-0.39, 0.29) is 19.0 Å². The Morgan fingerprint density at radius 2 is 1.24 bits per heavy atom. The molecule has 6 heteroatoms. The molecule has 0 saturated heterocycles. The van der Waals surface area contributed by atoms with Gasteiger partial charge in [0, 0.05) is 12.8 Å². The summed E-state index contributed by atoms with van der Waals surface area (Å²) < 4.78 is 10.4. The molecule has 0 aromatic heterocycles. The van der Waals surface area contributed by atoms with Crippen LogP contribution in [-0.2, 0) is 19.1 Å². The summed E-state index contributed by atoms with van der Waals surface area (Å²) in [6, 6.07) is 0. The first-order valence-corrected chi connectivity index (χ1v) is 16.0. The van der Waals surface area contributed by atoms with Crippen LogP contribution in [0, 0.1) is 0 Å². The summed E-state index contributed by atoms with van der Waals surface area (Å²) in [6.07, 6.45) is 34.6. The number of hydrogen-bond donors (Lipinski definition) is 2. The molecule has 2 N–H and O–H groups in total. The zero-order valence-electron chi connectivity index (χ0n) is 25.9. The van der Waals surface area contributed by atoms with E-state index in [0.717, 1.165) is 44.9 Å². The van der Waals surface area contributed by atoms with Crippen LogP contribution in [-0.4, -0.2) is 47.6 Å². The van der Waals surface area contributed by atoms with E-state index in [0.29, 0.717) is 19.3 Å². The van der Waals surface area contributed by atoms with Gasteiger partial charge in [-0.1, -0.05) is 126 Å². The lowest BCUT2D eigenvalue weighted by atomic mass is 10.1. The highest BCUT2D eigenvalue weighted by Crippen LogP contribution is 2.11. The van der Waals surface area contributed by atoms with Crippen molar-refractivity contribution >= 4 is 11.9 Å². The van der Waals surface area contributed by atoms with Gasteiger partial charge in [-0.05, 0) is 44.9 Å². The number of carbonyl (C=O) groups is 2. The molecule has 0 rings (SSSR count). The molecule has 0 heterocycles. The standard InChI is InChI=1S/C35H58O6/c1-3-5-7-9-11-13-14-15-16-18-19-21-23-26-32(37)27-25-29-34(38)40-31-33(30-36)41-35(39)28-24-22-20-17-12-10-8-6-4-2/h5,7,11,13,15-16,19,21,23,26,32-33,36-37H,3-4,6,8-10,12,14,17-18,20,22,24-25,27-31H2,1-2H3/b7-5-,13-11-,16-15-,21-19-,26-23+/t32?,33-/m0/s1. The highest BCUT2D eigenvalue weighted by Gasteiger charge is 2.16. The van der Waals surface area contributed by atoms with Gasteiger partial charge in [0.05, 0.1) is 12.7 Å². The molecule has 0 aliphatic carbocycles. The van der Waals surface area contributed by atoms with Gasteiger partial charge in [-0.15, -0.1) is 0 Å². The van der Waals surface area contributed by atoms with Gasteiger partial charge in [0.1, 0.15) is 6.61 Å². The van der Waals surface area contributed by atoms with Crippen LogP contribution in [0.15, 0.2) is 60.8 Å². The Kier molecular flexibility index (Phi) is 28.7. The van der Waals surface area contributed by atoms with Crippen LogP contribution in [0.25, 0.3) is 0 Å². The first-order chi connectivity index (χ1) is 20.0. The Hall–Kier alpha value is -2.44. The van der Waals surface area contributed by atoms with E-state index < -0.39 is 24.8 Å². The minimum atomic E-state index is -0.843. The average molecular weight is 575 g/mol.